The zero-order valence-corrected chi connectivity index (χ0v) is 46.1. The molecule has 0 heterocycles. The Labute approximate surface area is 429 Å². The van der Waals surface area contributed by atoms with Crippen molar-refractivity contribution in [3.63, 3.8) is 0 Å². The molecule has 3 atom stereocenters. The molecule has 0 aliphatic rings. The van der Waals surface area contributed by atoms with Crippen molar-refractivity contribution < 1.29 is 52.2 Å². The van der Waals surface area contributed by atoms with Crippen LogP contribution < -0.4 is 0 Å². The number of aliphatic hydroxyl groups is 1. The number of carbonyl (C=O) groups is 3. The van der Waals surface area contributed by atoms with Gasteiger partial charge in [-0.2, -0.15) is 0 Å². The second-order valence-corrected chi connectivity index (χ2v) is 20.9. The molecule has 0 radical (unpaired) electrons. The van der Waals surface area contributed by atoms with Gasteiger partial charge in [0, 0.05) is 19.3 Å². The second-order valence-electron chi connectivity index (χ2n) is 19.5. The van der Waals surface area contributed by atoms with E-state index in [4.69, 9.17) is 23.3 Å². The number of unbranched alkanes of at least 4 members (excludes halogenated alkanes) is 31. The first-order valence-electron chi connectivity index (χ1n) is 28.9. The van der Waals surface area contributed by atoms with E-state index in [-0.39, 0.29) is 25.9 Å². The van der Waals surface area contributed by atoms with Gasteiger partial charge in [0.1, 0.15) is 12.7 Å². The van der Waals surface area contributed by atoms with Gasteiger partial charge in [0.05, 0.1) is 19.8 Å². The topological polar surface area (TPSA) is 155 Å². The number of phosphoric ester groups is 1. The van der Waals surface area contributed by atoms with Gasteiger partial charge in [-0.05, 0) is 70.6 Å². The molecule has 0 rings (SSSR count). The normalized spacial score (nSPS) is 13.6. The first-order chi connectivity index (χ1) is 34.2. The lowest BCUT2D eigenvalue weighted by molar-refractivity contribution is -0.161. The van der Waals surface area contributed by atoms with Crippen LogP contribution >= 0.6 is 7.82 Å². The van der Waals surface area contributed by atoms with E-state index in [1.807, 2.05) is 0 Å². The zero-order chi connectivity index (χ0) is 51.3. The molecule has 0 aromatic heterocycles. The summed E-state index contributed by atoms with van der Waals surface area (Å²) in [6, 6.07) is 0. The Morgan fingerprint density at radius 3 is 1.13 bits per heavy atom. The highest BCUT2D eigenvalue weighted by Crippen LogP contribution is 2.43. The highest BCUT2D eigenvalue weighted by Gasteiger charge is 2.28. The van der Waals surface area contributed by atoms with Gasteiger partial charge in [-0.3, -0.25) is 23.4 Å². The first kappa shape index (κ1) is 67.7. The Kier molecular flexibility index (Phi) is 51.3. The number of rotatable bonds is 54. The SMILES string of the molecule is CCC/C=C\C/C=C\CCCCCCCC(=O)OCC(COP(=O)(O)OCC(CO)OC(=O)CCCCCCCCCCCCC)OC(=O)CCCCCCCCCCC/C=C\CCCCCCCC. The molecule has 12 heteroatoms. The Morgan fingerprint density at radius 1 is 0.400 bits per heavy atom. The molecule has 11 nitrogen and oxygen atoms in total. The average molecular weight is 1010 g/mol. The fourth-order valence-corrected chi connectivity index (χ4v) is 8.88. The Balaban J connectivity index is 4.69. The lowest BCUT2D eigenvalue weighted by atomic mass is 10.1. The maximum Gasteiger partial charge on any atom is 0.472 e. The van der Waals surface area contributed by atoms with Gasteiger partial charge in [-0.25, -0.2) is 4.57 Å². The summed E-state index contributed by atoms with van der Waals surface area (Å²) in [6.07, 6.45) is 53.9. The summed E-state index contributed by atoms with van der Waals surface area (Å²) >= 11 is 0. The van der Waals surface area contributed by atoms with Crippen molar-refractivity contribution >= 4 is 25.7 Å². The van der Waals surface area contributed by atoms with Crippen LogP contribution in [0.1, 0.15) is 278 Å². The number of ether oxygens (including phenoxy) is 3. The molecule has 0 aliphatic carbocycles. The van der Waals surface area contributed by atoms with Gasteiger partial charge in [0.2, 0.25) is 0 Å². The maximum absolute atomic E-state index is 12.9. The van der Waals surface area contributed by atoms with Gasteiger partial charge in [0.25, 0.3) is 0 Å². The molecule has 0 aromatic carbocycles. The van der Waals surface area contributed by atoms with Gasteiger partial charge in [-0.15, -0.1) is 0 Å². The van der Waals surface area contributed by atoms with Crippen LogP contribution in [0.25, 0.3) is 0 Å². The smallest absolute Gasteiger partial charge is 0.462 e. The fraction of sp³-hybridized carbons (Fsp3) is 0.845. The molecule has 0 saturated heterocycles. The molecule has 0 aliphatic heterocycles. The molecule has 2 N–H and O–H groups in total. The van der Waals surface area contributed by atoms with E-state index < -0.39 is 57.8 Å². The predicted octanol–water partition coefficient (Wildman–Crippen LogP) is 16.8. The maximum atomic E-state index is 12.9. The van der Waals surface area contributed by atoms with E-state index in [9.17, 15) is 28.9 Å². The lowest BCUT2D eigenvalue weighted by Crippen LogP contribution is -2.30. The zero-order valence-electron chi connectivity index (χ0n) is 45.2. The standard InChI is InChI=1S/C58H107O11P/c1-4-7-10-13-16-19-22-24-25-26-27-28-29-31-34-37-40-43-46-49-58(62)69-55(51-65-56(60)47-44-41-38-35-33-30-23-20-17-14-11-8-5-2)53-67-70(63,64)66-52-54(50-59)68-57(61)48-45-42-39-36-32-21-18-15-12-9-6-3/h11,14,20,23-25,54-55,59H,4-10,12-13,15-19,21-22,26-53H2,1-3H3,(H,63,64)/b14-11-,23-20-,25-24-. The summed E-state index contributed by atoms with van der Waals surface area (Å²) in [5.74, 6) is -1.47. The molecule has 0 amide bonds. The number of phosphoric acid groups is 1. The van der Waals surface area contributed by atoms with Crippen molar-refractivity contribution in [2.24, 2.45) is 0 Å². The third-order valence-corrected chi connectivity index (χ3v) is 13.5. The van der Waals surface area contributed by atoms with Gasteiger partial charge in [0.15, 0.2) is 6.10 Å². The third kappa shape index (κ3) is 50.6. The van der Waals surface area contributed by atoms with Crippen LogP contribution in [0.5, 0.6) is 0 Å². The molecule has 0 spiro atoms. The van der Waals surface area contributed by atoms with Crippen LogP contribution in [0, 0.1) is 0 Å². The van der Waals surface area contributed by atoms with Gasteiger partial charge < -0.3 is 24.2 Å². The molecule has 0 bridgehead atoms. The Morgan fingerprint density at radius 2 is 0.729 bits per heavy atom. The fourth-order valence-electron chi connectivity index (χ4n) is 8.10. The minimum Gasteiger partial charge on any atom is -0.462 e. The molecule has 0 fully saturated rings. The van der Waals surface area contributed by atoms with E-state index in [0.717, 1.165) is 83.5 Å². The largest absolute Gasteiger partial charge is 0.472 e. The lowest BCUT2D eigenvalue weighted by Gasteiger charge is -2.21. The van der Waals surface area contributed by atoms with E-state index in [0.29, 0.717) is 19.3 Å². The summed E-state index contributed by atoms with van der Waals surface area (Å²) in [6.45, 7) is 4.58. The minimum absolute atomic E-state index is 0.165. The number of hydrogen-bond acceptors (Lipinski definition) is 10. The van der Waals surface area contributed by atoms with Crippen LogP contribution in [0.15, 0.2) is 36.5 Å². The molecule has 70 heavy (non-hydrogen) atoms. The number of allylic oxidation sites excluding steroid dienone is 6. The highest BCUT2D eigenvalue weighted by atomic mass is 31.2. The molecule has 410 valence electrons. The quantitative estimate of drug-likeness (QED) is 0.0197. The summed E-state index contributed by atoms with van der Waals surface area (Å²) < 4.78 is 39.5. The van der Waals surface area contributed by atoms with E-state index in [1.54, 1.807) is 0 Å². The van der Waals surface area contributed by atoms with Crippen LogP contribution in [0.4, 0.5) is 0 Å². The molecule has 0 aromatic rings. The number of aliphatic hydroxyl groups excluding tert-OH is 1. The van der Waals surface area contributed by atoms with Crippen LogP contribution in [0.2, 0.25) is 0 Å². The summed E-state index contributed by atoms with van der Waals surface area (Å²) in [5, 5.41) is 9.79. The van der Waals surface area contributed by atoms with Crippen LogP contribution in [0.3, 0.4) is 0 Å². The minimum atomic E-state index is -4.74. The second kappa shape index (κ2) is 53.0. The average Bonchev–Trinajstić information content (AvgIpc) is 3.35. The van der Waals surface area contributed by atoms with Crippen molar-refractivity contribution in [2.45, 2.75) is 290 Å². The molecular formula is C58H107O11P. The van der Waals surface area contributed by atoms with Crippen molar-refractivity contribution in [1.82, 2.24) is 0 Å². The van der Waals surface area contributed by atoms with Crippen molar-refractivity contribution in [3.8, 4) is 0 Å². The van der Waals surface area contributed by atoms with E-state index >= 15 is 0 Å². The monoisotopic (exact) mass is 1010 g/mol. The van der Waals surface area contributed by atoms with Gasteiger partial charge in [-0.1, -0.05) is 224 Å². The molecule has 3 unspecified atom stereocenters. The Bertz CT molecular complexity index is 1320. The Hall–Kier alpha value is -2.30. The summed E-state index contributed by atoms with van der Waals surface area (Å²) in [7, 11) is -4.74. The van der Waals surface area contributed by atoms with E-state index in [2.05, 4.69) is 57.2 Å². The molecule has 0 saturated carbocycles. The number of esters is 3. The first-order valence-corrected chi connectivity index (χ1v) is 30.4. The van der Waals surface area contributed by atoms with Crippen LogP contribution in [-0.2, 0) is 42.2 Å². The third-order valence-electron chi connectivity index (χ3n) is 12.5. The number of hydrogen-bond donors (Lipinski definition) is 2. The van der Waals surface area contributed by atoms with E-state index in [1.165, 1.54) is 135 Å². The molecular weight excluding hydrogens is 904 g/mol. The van der Waals surface area contributed by atoms with Gasteiger partial charge >= 0.3 is 25.7 Å². The predicted molar refractivity (Wildman–Crippen MR) is 289 cm³/mol. The summed E-state index contributed by atoms with van der Waals surface area (Å²) in [4.78, 5) is 48.4. The summed E-state index contributed by atoms with van der Waals surface area (Å²) in [5.41, 5.74) is 0. The van der Waals surface area contributed by atoms with Crippen molar-refractivity contribution in [3.05, 3.63) is 36.5 Å². The van der Waals surface area contributed by atoms with Crippen molar-refractivity contribution in [1.29, 1.82) is 0 Å². The highest BCUT2D eigenvalue weighted by molar-refractivity contribution is 7.47. The van der Waals surface area contributed by atoms with Crippen molar-refractivity contribution in [2.75, 3.05) is 26.4 Å². The van der Waals surface area contributed by atoms with Crippen LogP contribution in [-0.4, -0.2) is 66.5 Å². The number of carbonyl (C=O) groups excluding carboxylic acids is 3.